The first-order chi connectivity index (χ1) is 32.9. The predicted molar refractivity (Wildman–Crippen MR) is 267 cm³/mol. The van der Waals surface area contributed by atoms with E-state index in [0.29, 0.717) is 65.5 Å². The smallest absolute Gasteiger partial charge is 0.369 e. The Labute approximate surface area is 410 Å². The van der Waals surface area contributed by atoms with Gasteiger partial charge in [0.25, 0.3) is 20.0 Å². The molecular formula is C49H50Cl2F3N9O4S2. The molecule has 2 aliphatic rings. The Hall–Kier alpha value is -5.89. The van der Waals surface area contributed by atoms with Crippen LogP contribution < -0.4 is 19.2 Å². The van der Waals surface area contributed by atoms with Crippen LogP contribution in [0.5, 0.6) is 0 Å². The number of hydrogen-bond donors (Lipinski definition) is 2. The Morgan fingerprint density at radius 3 is 1.88 bits per heavy atom. The van der Waals surface area contributed by atoms with Gasteiger partial charge in [0.2, 0.25) is 0 Å². The Balaban J connectivity index is 0.000000186. The van der Waals surface area contributed by atoms with Gasteiger partial charge in [-0.15, -0.1) is 0 Å². The van der Waals surface area contributed by atoms with Crippen molar-refractivity contribution in [2.24, 2.45) is 7.05 Å². The van der Waals surface area contributed by atoms with Crippen LogP contribution >= 0.6 is 23.2 Å². The number of nitrogens with zero attached hydrogens (tertiary/aromatic N) is 7. The Kier molecular flexibility index (Phi) is 15.1. The lowest BCUT2D eigenvalue weighted by molar-refractivity contribution is -0.137. The molecular weight excluding hydrogens is 971 g/mol. The molecule has 0 atom stereocenters. The number of pyridine rings is 1. The van der Waals surface area contributed by atoms with E-state index < -0.39 is 31.8 Å². The number of imidazole rings is 1. The molecule has 0 unspecified atom stereocenters. The normalized spacial score (nSPS) is 15.2. The van der Waals surface area contributed by atoms with Gasteiger partial charge in [0, 0.05) is 87.4 Å². The Morgan fingerprint density at radius 2 is 1.25 bits per heavy atom. The zero-order valence-electron chi connectivity index (χ0n) is 37.7. The van der Waals surface area contributed by atoms with E-state index in [1.165, 1.54) is 42.6 Å². The lowest BCUT2D eigenvalue weighted by Gasteiger charge is -2.36. The van der Waals surface area contributed by atoms with Crippen LogP contribution in [0, 0.1) is 6.92 Å². The first-order valence-corrected chi connectivity index (χ1v) is 25.8. The van der Waals surface area contributed by atoms with Crippen molar-refractivity contribution in [1.29, 1.82) is 0 Å². The minimum Gasteiger partial charge on any atom is -0.369 e. The molecule has 13 nitrogen and oxygen atoms in total. The molecule has 0 bridgehead atoms. The third kappa shape index (κ3) is 12.5. The zero-order chi connectivity index (χ0) is 48.9. The minimum atomic E-state index is -4.35. The third-order valence-electron chi connectivity index (χ3n) is 12.0. The number of anilines is 4. The maximum absolute atomic E-state index is 13.0. The van der Waals surface area contributed by atoms with Gasteiger partial charge in [-0.1, -0.05) is 59.6 Å². The summed E-state index contributed by atoms with van der Waals surface area (Å²) in [5.74, 6) is 1.78. The second-order valence-corrected chi connectivity index (χ2v) is 21.0. The van der Waals surface area contributed by atoms with E-state index >= 15 is 0 Å². The molecule has 9 rings (SSSR count). The SMILES string of the molecule is Cc1ccc(S(=O)(=O)Nc2ccc(N3CCN(Cc4cccc(C(F)(F)F)c4)CC3)nc2)cc1Cl.Cn1c(CN2CCN(c3ccc(NS(=O)(=O)c4ccc(Cl)cc4)cc3)CC2)nc2ccccc21. The summed E-state index contributed by atoms with van der Waals surface area (Å²) in [7, 11) is -5.39. The molecule has 362 valence electrons. The van der Waals surface area contributed by atoms with Crippen LogP contribution in [0.2, 0.25) is 10.0 Å². The van der Waals surface area contributed by atoms with Gasteiger partial charge in [0.05, 0.1) is 44.8 Å². The van der Waals surface area contributed by atoms with Crippen molar-refractivity contribution in [2.75, 3.05) is 71.6 Å². The highest BCUT2D eigenvalue weighted by atomic mass is 35.5. The fourth-order valence-electron chi connectivity index (χ4n) is 8.10. The number of aromatic nitrogens is 3. The fraction of sp³-hybridized carbons (Fsp3) is 0.265. The molecule has 0 aliphatic carbocycles. The summed E-state index contributed by atoms with van der Waals surface area (Å²) in [6, 6.07) is 35.2. The van der Waals surface area contributed by atoms with Crippen LogP contribution in [0.25, 0.3) is 11.0 Å². The zero-order valence-corrected chi connectivity index (χ0v) is 40.9. The first kappa shape index (κ1) is 49.5. The van der Waals surface area contributed by atoms with Gasteiger partial charge in [-0.3, -0.25) is 19.2 Å². The highest BCUT2D eigenvalue weighted by Crippen LogP contribution is 2.30. The van der Waals surface area contributed by atoms with Gasteiger partial charge < -0.3 is 14.4 Å². The first-order valence-electron chi connectivity index (χ1n) is 22.0. The number of benzene rings is 5. The molecule has 4 heterocycles. The molecule has 2 aromatic heterocycles. The summed E-state index contributed by atoms with van der Waals surface area (Å²) in [6.45, 7) is 9.38. The fourth-order valence-corrected chi connectivity index (χ4v) is 10.6. The molecule has 2 saturated heterocycles. The maximum atomic E-state index is 13.0. The largest absolute Gasteiger partial charge is 0.416 e. The van der Waals surface area contributed by atoms with Crippen LogP contribution in [0.1, 0.15) is 22.5 Å². The number of halogens is 5. The number of hydrogen-bond acceptors (Lipinski definition) is 10. The van der Waals surface area contributed by atoms with Crippen LogP contribution in [-0.2, 0) is 46.4 Å². The molecule has 0 amide bonds. The monoisotopic (exact) mass is 1020 g/mol. The molecule has 69 heavy (non-hydrogen) atoms. The molecule has 2 aliphatic heterocycles. The molecule has 7 aromatic rings. The molecule has 2 N–H and O–H groups in total. The van der Waals surface area contributed by atoms with Crippen molar-refractivity contribution in [2.45, 2.75) is 36.0 Å². The number of aryl methyl sites for hydroxylation is 2. The number of alkyl halides is 3. The van der Waals surface area contributed by atoms with Gasteiger partial charge in [0.15, 0.2) is 0 Å². The number of nitrogens with one attached hydrogen (secondary N) is 2. The van der Waals surface area contributed by atoms with E-state index in [0.717, 1.165) is 66.9 Å². The van der Waals surface area contributed by atoms with E-state index in [9.17, 15) is 30.0 Å². The van der Waals surface area contributed by atoms with Crippen molar-refractivity contribution in [3.8, 4) is 0 Å². The summed E-state index contributed by atoms with van der Waals surface area (Å²) in [5.41, 5.74) is 4.89. The second-order valence-electron chi connectivity index (χ2n) is 16.8. The summed E-state index contributed by atoms with van der Waals surface area (Å²) in [5, 5.41) is 0.866. The average Bonchev–Trinajstić information content (AvgIpc) is 3.64. The van der Waals surface area contributed by atoms with Crippen LogP contribution in [-0.4, -0.2) is 93.5 Å². The number of piperazine rings is 2. The summed E-state index contributed by atoms with van der Waals surface area (Å²) in [6.07, 6.45) is -2.90. The molecule has 2 fully saturated rings. The quantitative estimate of drug-likeness (QED) is 0.122. The van der Waals surface area contributed by atoms with Crippen molar-refractivity contribution >= 4 is 77.2 Å². The van der Waals surface area contributed by atoms with Gasteiger partial charge in [-0.2, -0.15) is 13.2 Å². The average molecular weight is 1020 g/mol. The third-order valence-corrected chi connectivity index (χ3v) is 15.5. The summed E-state index contributed by atoms with van der Waals surface area (Å²) in [4.78, 5) is 18.3. The topological polar surface area (TPSA) is 136 Å². The molecule has 0 saturated carbocycles. The van der Waals surface area contributed by atoms with Crippen molar-refractivity contribution in [1.82, 2.24) is 24.3 Å². The lowest BCUT2D eigenvalue weighted by atomic mass is 10.1. The van der Waals surface area contributed by atoms with Crippen molar-refractivity contribution in [3.05, 3.63) is 166 Å². The van der Waals surface area contributed by atoms with E-state index in [4.69, 9.17) is 28.2 Å². The number of fused-ring (bicyclic) bond motifs is 1. The summed E-state index contributed by atoms with van der Waals surface area (Å²) < 4.78 is 96.6. The maximum Gasteiger partial charge on any atom is 0.416 e. The van der Waals surface area contributed by atoms with Crippen LogP contribution in [0.15, 0.2) is 143 Å². The molecule has 20 heteroatoms. The predicted octanol–water partition coefficient (Wildman–Crippen LogP) is 9.53. The van der Waals surface area contributed by atoms with Crippen LogP contribution in [0.3, 0.4) is 0 Å². The number of sulfonamides is 2. The van der Waals surface area contributed by atoms with Gasteiger partial charge >= 0.3 is 6.18 Å². The minimum absolute atomic E-state index is 0.0640. The van der Waals surface area contributed by atoms with Gasteiger partial charge in [-0.25, -0.2) is 26.8 Å². The van der Waals surface area contributed by atoms with E-state index in [-0.39, 0.29) is 9.79 Å². The molecule has 0 spiro atoms. The summed E-state index contributed by atoms with van der Waals surface area (Å²) >= 11 is 11.9. The highest BCUT2D eigenvalue weighted by molar-refractivity contribution is 7.93. The van der Waals surface area contributed by atoms with Crippen molar-refractivity contribution in [3.63, 3.8) is 0 Å². The molecule has 0 radical (unpaired) electrons. The van der Waals surface area contributed by atoms with E-state index in [1.54, 1.807) is 55.5 Å². The van der Waals surface area contributed by atoms with Gasteiger partial charge in [0.1, 0.15) is 11.6 Å². The standard InChI is InChI=1S/C25H26ClN5O2S.C24H24ClF3N4O2S/c1-29-24-5-3-2-4-23(24)27-25(29)18-30-14-16-31(17-15-30)21-10-8-20(9-11-21)28-34(32,33)22-12-6-19(26)7-13-22;1-17-5-7-21(14-22(17)25)35(33,34)30-20-6-8-23(29-15-20)32-11-9-31(10-12-32)16-18-3-2-4-19(13-18)24(26,27)28/h2-13,28H,14-18H2,1H3;2-8,13-15,30H,9-12,16H2,1H3. The second kappa shape index (κ2) is 21.0. The van der Waals surface area contributed by atoms with E-state index in [1.807, 2.05) is 24.3 Å². The molecule has 5 aromatic carbocycles. The lowest BCUT2D eigenvalue weighted by Crippen LogP contribution is -2.46. The highest BCUT2D eigenvalue weighted by Gasteiger charge is 2.31. The Bertz CT molecular complexity index is 3110. The van der Waals surface area contributed by atoms with Crippen molar-refractivity contribution < 1.29 is 30.0 Å². The van der Waals surface area contributed by atoms with E-state index in [2.05, 4.69) is 57.8 Å². The number of para-hydroxylation sites is 2. The van der Waals surface area contributed by atoms with Gasteiger partial charge in [-0.05, 0) is 109 Å². The Morgan fingerprint density at radius 1 is 0.638 bits per heavy atom. The number of rotatable bonds is 12. The van der Waals surface area contributed by atoms with Crippen LogP contribution in [0.4, 0.5) is 36.1 Å².